The number of quaternary nitrogens is 1. The number of amides is 3. The zero-order chi connectivity index (χ0) is 12.1. The summed E-state index contributed by atoms with van der Waals surface area (Å²) in [6.07, 6.45) is 0. The summed E-state index contributed by atoms with van der Waals surface area (Å²) in [5, 5.41) is 1.78. The van der Waals surface area contributed by atoms with Crippen LogP contribution >= 0.6 is 23.6 Å². The van der Waals surface area contributed by atoms with Gasteiger partial charge in [-0.25, -0.2) is 10.1 Å². The number of hydrogen-bond donors (Lipinski definition) is 2. The molecule has 2 N–H and O–H groups in total. The molecule has 86 valence electrons. The van der Waals surface area contributed by atoms with Crippen molar-refractivity contribution < 1.29 is 26.1 Å². The second kappa shape index (κ2) is 3.29. The number of urea groups is 1. The van der Waals surface area contributed by atoms with Crippen LogP contribution in [-0.2, 0) is 14.9 Å². The van der Waals surface area contributed by atoms with Crippen LogP contribution in [0, 0.1) is 0 Å². The summed E-state index contributed by atoms with van der Waals surface area (Å²) in [6.45, 7) is 1.06. The summed E-state index contributed by atoms with van der Waals surface area (Å²) < 4.78 is 28.5. The first-order valence-corrected chi connectivity index (χ1v) is 5.89. The molecule has 1 aliphatic rings. The second-order valence-electron chi connectivity index (χ2n) is 3.27. The van der Waals surface area contributed by atoms with Gasteiger partial charge in [0, 0.05) is 6.92 Å². The summed E-state index contributed by atoms with van der Waals surface area (Å²) in [4.78, 5) is 22.4. The van der Waals surface area contributed by atoms with E-state index < -0.39 is 36.9 Å². The monoisotopic (exact) mass is 277 g/mol. The molecule has 0 saturated carbocycles. The van der Waals surface area contributed by atoms with Crippen molar-refractivity contribution in [2.75, 3.05) is 5.75 Å². The predicted molar refractivity (Wildman–Crippen MR) is 50.3 cm³/mol. The molecule has 1 aliphatic heterocycles. The van der Waals surface area contributed by atoms with Crippen molar-refractivity contribution in [1.29, 1.82) is 0 Å². The Balaban J connectivity index is 3.22. The number of nitrogens with zero attached hydrogens (tertiary/aromatic N) is 1. The van der Waals surface area contributed by atoms with Crippen LogP contribution in [0.3, 0.4) is 0 Å². The van der Waals surface area contributed by atoms with Crippen molar-refractivity contribution in [1.82, 2.24) is 5.32 Å². The molecule has 1 atom stereocenters. The molecule has 3 amide bonds. The quantitative estimate of drug-likeness (QED) is 0.421. The van der Waals surface area contributed by atoms with Crippen molar-refractivity contribution in [3.8, 4) is 0 Å². The van der Waals surface area contributed by atoms with Gasteiger partial charge in [0.25, 0.3) is 16.0 Å². The predicted octanol–water partition coefficient (Wildman–Crippen LogP) is 0.00710. The van der Waals surface area contributed by atoms with E-state index in [9.17, 15) is 18.0 Å². The van der Waals surface area contributed by atoms with Gasteiger partial charge in [-0.3, -0.25) is 9.35 Å². The van der Waals surface area contributed by atoms with Gasteiger partial charge in [-0.2, -0.15) is 8.42 Å². The topological polar surface area (TPSA) is 101 Å². The fourth-order valence-corrected chi connectivity index (χ4v) is 2.69. The van der Waals surface area contributed by atoms with Crippen LogP contribution in [-0.4, -0.2) is 39.7 Å². The van der Waals surface area contributed by atoms with Crippen LogP contribution in [0.15, 0.2) is 0 Å². The van der Waals surface area contributed by atoms with E-state index in [0.29, 0.717) is 0 Å². The Kier molecular flexibility index (Phi) is 2.78. The molecule has 0 bridgehead atoms. The molecule has 1 heterocycles. The maximum atomic E-state index is 11.3. The molecule has 1 fully saturated rings. The second-order valence-corrected chi connectivity index (χ2v) is 5.91. The first-order valence-electron chi connectivity index (χ1n) is 3.60. The third-order valence-electron chi connectivity index (χ3n) is 2.05. The Morgan fingerprint density at radius 1 is 1.47 bits per heavy atom. The average molecular weight is 278 g/mol. The van der Waals surface area contributed by atoms with E-state index in [1.54, 1.807) is 5.32 Å². The number of halogens is 2. The van der Waals surface area contributed by atoms with Gasteiger partial charge in [-0.1, -0.05) is 0 Å². The van der Waals surface area contributed by atoms with Gasteiger partial charge in [0.1, 0.15) is 5.75 Å². The van der Waals surface area contributed by atoms with Gasteiger partial charge in [-0.15, -0.1) is 0 Å². The highest BCUT2D eigenvalue weighted by atomic mass is 35.5. The SMILES string of the molecule is CC1(CS(=O)(=O)O)C(=O)NC(=O)[N+]1(Cl)Cl. The van der Waals surface area contributed by atoms with E-state index in [4.69, 9.17) is 28.1 Å². The zero-order valence-corrected chi connectivity index (χ0v) is 9.73. The van der Waals surface area contributed by atoms with Gasteiger partial charge in [0.2, 0.25) is 5.54 Å². The minimum atomic E-state index is -4.49. The van der Waals surface area contributed by atoms with Crippen LogP contribution < -0.4 is 5.32 Å². The first kappa shape index (κ1) is 12.7. The van der Waals surface area contributed by atoms with E-state index >= 15 is 0 Å². The van der Waals surface area contributed by atoms with E-state index in [2.05, 4.69) is 0 Å². The lowest BCUT2D eigenvalue weighted by atomic mass is 10.1. The molecule has 0 aromatic rings. The van der Waals surface area contributed by atoms with E-state index in [1.165, 1.54) is 0 Å². The number of carbonyl (C=O) groups is 2. The summed E-state index contributed by atoms with van der Waals surface area (Å²) >= 11 is 11.0. The van der Waals surface area contributed by atoms with Crippen LogP contribution in [0.5, 0.6) is 0 Å². The molecule has 0 aliphatic carbocycles. The zero-order valence-electron chi connectivity index (χ0n) is 7.40. The molecule has 15 heavy (non-hydrogen) atoms. The average Bonchev–Trinajstić information content (AvgIpc) is 2.10. The highest BCUT2D eigenvalue weighted by molar-refractivity contribution is 7.85. The molecule has 0 spiro atoms. The van der Waals surface area contributed by atoms with Crippen LogP contribution in [0.1, 0.15) is 6.92 Å². The number of hydrogen-bond acceptors (Lipinski definition) is 4. The molecule has 0 aromatic heterocycles. The fraction of sp³-hybridized carbons (Fsp3) is 0.600. The largest absolute Gasteiger partial charge is 0.460 e. The third kappa shape index (κ3) is 1.95. The third-order valence-corrected chi connectivity index (χ3v) is 4.03. The van der Waals surface area contributed by atoms with E-state index in [-0.39, 0.29) is 0 Å². The lowest BCUT2D eigenvalue weighted by molar-refractivity contribution is -0.640. The van der Waals surface area contributed by atoms with E-state index in [1.807, 2.05) is 0 Å². The maximum Gasteiger partial charge on any atom is 0.460 e. The number of nitrogens with one attached hydrogen (secondary N) is 1. The van der Waals surface area contributed by atoms with Gasteiger partial charge in [0.05, 0.1) is 0 Å². The smallest absolute Gasteiger partial charge is 0.285 e. The van der Waals surface area contributed by atoms with Crippen LogP contribution in [0.4, 0.5) is 4.79 Å². The molecule has 1 unspecified atom stereocenters. The van der Waals surface area contributed by atoms with Crippen molar-refractivity contribution >= 4 is 45.6 Å². The Labute approximate surface area is 95.5 Å². The minimum Gasteiger partial charge on any atom is -0.285 e. The fourth-order valence-electron chi connectivity index (χ4n) is 1.16. The molecule has 7 nitrogen and oxygen atoms in total. The van der Waals surface area contributed by atoms with Gasteiger partial charge in [0.15, 0.2) is 23.6 Å². The number of rotatable bonds is 2. The highest BCUT2D eigenvalue weighted by Gasteiger charge is 2.67. The van der Waals surface area contributed by atoms with Crippen molar-refractivity contribution in [3.63, 3.8) is 0 Å². The molecular weight excluding hydrogens is 271 g/mol. The molecule has 1 saturated heterocycles. The Morgan fingerprint density at radius 3 is 2.20 bits per heavy atom. The molecule has 1 rings (SSSR count). The molecule has 10 heteroatoms. The van der Waals surface area contributed by atoms with Crippen molar-refractivity contribution in [2.24, 2.45) is 0 Å². The van der Waals surface area contributed by atoms with Crippen molar-refractivity contribution in [3.05, 3.63) is 0 Å². The first-order chi connectivity index (χ1) is 6.51. The minimum absolute atomic E-state index is 0.963. The van der Waals surface area contributed by atoms with Gasteiger partial charge in [-0.05, 0) is 3.52 Å². The molecular formula is C5H7Cl2N2O5S+. The Bertz CT molecular complexity index is 433. The summed E-state index contributed by atoms with van der Waals surface area (Å²) in [5.41, 5.74) is -1.96. The standard InChI is InChI=1S/C5H6Cl2N2O5S/c1-5(2-15(12,13)14)3(10)8-4(11)9(5,6)7/h2H2,1H3,(H-,8,10,11,12,13,14)/p+1. The summed E-state index contributed by atoms with van der Waals surface area (Å²) in [5.74, 6) is -2.01. The number of imide groups is 1. The molecule has 0 radical (unpaired) electrons. The van der Waals surface area contributed by atoms with Crippen molar-refractivity contribution in [2.45, 2.75) is 12.5 Å². The summed E-state index contributed by atoms with van der Waals surface area (Å²) in [6, 6.07) is -1.06. The summed E-state index contributed by atoms with van der Waals surface area (Å²) in [7, 11) is -4.49. The van der Waals surface area contributed by atoms with Crippen LogP contribution in [0.2, 0.25) is 0 Å². The van der Waals surface area contributed by atoms with Gasteiger partial charge < -0.3 is 0 Å². The molecule has 0 aromatic carbocycles. The maximum absolute atomic E-state index is 11.3. The Morgan fingerprint density at radius 2 is 1.93 bits per heavy atom. The van der Waals surface area contributed by atoms with Gasteiger partial charge >= 0.3 is 6.03 Å². The van der Waals surface area contributed by atoms with Crippen LogP contribution in [0.25, 0.3) is 0 Å². The Hall–Kier alpha value is -0.410. The number of carbonyl (C=O) groups excluding carboxylic acids is 2. The highest BCUT2D eigenvalue weighted by Crippen LogP contribution is 2.38. The van der Waals surface area contributed by atoms with E-state index in [0.717, 1.165) is 6.92 Å². The lowest BCUT2D eigenvalue weighted by Crippen LogP contribution is -2.54. The normalized spacial score (nSPS) is 30.4. The lowest BCUT2D eigenvalue weighted by Gasteiger charge is -2.24.